The van der Waals surface area contributed by atoms with Crippen molar-refractivity contribution in [2.24, 2.45) is 5.73 Å². The molecule has 1 aromatic carbocycles. The minimum absolute atomic E-state index is 0.0147. The van der Waals surface area contributed by atoms with Crippen molar-refractivity contribution in [1.82, 2.24) is 0 Å². The van der Waals surface area contributed by atoms with Crippen molar-refractivity contribution >= 4 is 12.9 Å². The van der Waals surface area contributed by atoms with Gasteiger partial charge in [-0.1, -0.05) is 6.07 Å². The third-order valence-electron chi connectivity index (χ3n) is 2.21. The fourth-order valence-electron chi connectivity index (χ4n) is 1.49. The summed E-state index contributed by atoms with van der Waals surface area (Å²) in [6, 6.07) is 5.87. The highest BCUT2D eigenvalue weighted by Crippen LogP contribution is 2.22. The molecular weight excluding hydrogens is 165 g/mol. The first-order valence-corrected chi connectivity index (χ1v) is 4.22. The van der Waals surface area contributed by atoms with E-state index in [4.69, 9.17) is 15.1 Å². The quantitative estimate of drug-likeness (QED) is 0.643. The zero-order valence-electron chi connectivity index (χ0n) is 7.49. The van der Waals surface area contributed by atoms with Crippen LogP contribution in [-0.2, 0) is 4.65 Å². The van der Waals surface area contributed by atoms with Crippen molar-refractivity contribution in [1.29, 1.82) is 0 Å². The Kier molecular flexibility index (Phi) is 2.25. The lowest BCUT2D eigenvalue weighted by molar-refractivity contribution is 0.243. The molecule has 4 heteroatoms. The summed E-state index contributed by atoms with van der Waals surface area (Å²) >= 11 is 0. The summed E-state index contributed by atoms with van der Waals surface area (Å²) < 4.78 is 10.5. The molecule has 0 fully saturated rings. The summed E-state index contributed by atoms with van der Waals surface area (Å²) in [6.07, 6.45) is 0.0147. The predicted octanol–water partition coefficient (Wildman–Crippen LogP) is -0.0303. The van der Waals surface area contributed by atoms with Gasteiger partial charge < -0.3 is 15.1 Å². The SMILES string of the molecule is COc1ccc2c(c1)[B]O[C@H]2CN. The third kappa shape index (κ3) is 1.43. The Hall–Kier alpha value is -0.995. The van der Waals surface area contributed by atoms with Gasteiger partial charge >= 0.3 is 7.48 Å². The average Bonchev–Trinajstić information content (AvgIpc) is 2.59. The molecule has 13 heavy (non-hydrogen) atoms. The first-order chi connectivity index (χ1) is 6.35. The van der Waals surface area contributed by atoms with Crippen molar-refractivity contribution in [2.45, 2.75) is 6.10 Å². The molecule has 0 aliphatic carbocycles. The Morgan fingerprint density at radius 1 is 1.62 bits per heavy atom. The summed E-state index contributed by atoms with van der Waals surface area (Å²) in [4.78, 5) is 0. The molecule has 0 bridgehead atoms. The molecule has 0 saturated heterocycles. The van der Waals surface area contributed by atoms with Crippen LogP contribution in [0.3, 0.4) is 0 Å². The number of nitrogens with two attached hydrogens (primary N) is 1. The molecule has 1 atom stereocenters. The Morgan fingerprint density at radius 2 is 2.46 bits per heavy atom. The molecule has 67 valence electrons. The molecule has 0 spiro atoms. The number of benzene rings is 1. The summed E-state index contributed by atoms with van der Waals surface area (Å²) in [6.45, 7) is 0.510. The largest absolute Gasteiger partial charge is 0.497 e. The number of methoxy groups -OCH3 is 1. The van der Waals surface area contributed by atoms with Crippen LogP contribution in [0, 0.1) is 0 Å². The number of fused-ring (bicyclic) bond motifs is 1. The fourth-order valence-corrected chi connectivity index (χ4v) is 1.49. The van der Waals surface area contributed by atoms with Crippen LogP contribution >= 0.6 is 0 Å². The highest BCUT2D eigenvalue weighted by molar-refractivity contribution is 6.49. The van der Waals surface area contributed by atoms with E-state index in [1.54, 1.807) is 14.6 Å². The predicted molar refractivity (Wildman–Crippen MR) is 51.3 cm³/mol. The van der Waals surface area contributed by atoms with E-state index in [2.05, 4.69) is 0 Å². The Morgan fingerprint density at radius 3 is 3.15 bits per heavy atom. The van der Waals surface area contributed by atoms with Crippen molar-refractivity contribution in [3.8, 4) is 5.75 Å². The molecule has 1 radical (unpaired) electrons. The van der Waals surface area contributed by atoms with Crippen LogP contribution in [-0.4, -0.2) is 21.1 Å². The lowest BCUT2D eigenvalue weighted by Crippen LogP contribution is -2.12. The Labute approximate surface area is 78.1 Å². The Balaban J connectivity index is 2.34. The van der Waals surface area contributed by atoms with Crippen molar-refractivity contribution in [2.75, 3.05) is 13.7 Å². The molecular formula is C9H11BNO2. The standard InChI is InChI=1S/C9H11BNO2/c1-12-6-2-3-7-8(4-6)10-13-9(7)5-11/h2-4,9H,5,11H2,1H3/t9-/m0/s1. The summed E-state index contributed by atoms with van der Waals surface area (Å²) in [5.74, 6) is 0.844. The van der Waals surface area contributed by atoms with Gasteiger partial charge in [0.2, 0.25) is 0 Å². The summed E-state index contributed by atoms with van der Waals surface area (Å²) in [7, 11) is 3.38. The van der Waals surface area contributed by atoms with Crippen LogP contribution in [0.5, 0.6) is 5.75 Å². The molecule has 2 rings (SSSR count). The molecule has 3 nitrogen and oxygen atoms in total. The highest BCUT2D eigenvalue weighted by Gasteiger charge is 2.23. The van der Waals surface area contributed by atoms with Gasteiger partial charge in [-0.15, -0.1) is 0 Å². The third-order valence-corrected chi connectivity index (χ3v) is 2.21. The topological polar surface area (TPSA) is 44.5 Å². The summed E-state index contributed by atoms with van der Waals surface area (Å²) in [5.41, 5.74) is 7.75. The van der Waals surface area contributed by atoms with Gasteiger partial charge in [0.1, 0.15) is 5.75 Å². The zero-order chi connectivity index (χ0) is 9.26. The lowest BCUT2D eigenvalue weighted by atomic mass is 9.86. The van der Waals surface area contributed by atoms with Crippen molar-refractivity contribution in [3.63, 3.8) is 0 Å². The molecule has 0 saturated carbocycles. The van der Waals surface area contributed by atoms with Crippen LogP contribution in [0.4, 0.5) is 0 Å². The highest BCUT2D eigenvalue weighted by atomic mass is 16.5. The fraction of sp³-hybridized carbons (Fsp3) is 0.333. The molecule has 2 N–H and O–H groups in total. The average molecular weight is 176 g/mol. The van der Waals surface area contributed by atoms with Crippen LogP contribution in [0.25, 0.3) is 0 Å². The molecule has 0 unspecified atom stereocenters. The molecule has 1 aliphatic rings. The Bertz CT molecular complexity index is 316. The normalized spacial score (nSPS) is 19.4. The second kappa shape index (κ2) is 3.40. The monoisotopic (exact) mass is 176 g/mol. The molecule has 1 heterocycles. The second-order valence-electron chi connectivity index (χ2n) is 2.97. The van der Waals surface area contributed by atoms with E-state index in [-0.39, 0.29) is 6.10 Å². The minimum atomic E-state index is 0.0147. The maximum Gasteiger partial charge on any atom is 0.331 e. The van der Waals surface area contributed by atoms with Crippen LogP contribution in [0.2, 0.25) is 0 Å². The van der Waals surface area contributed by atoms with Gasteiger partial charge in [0.05, 0.1) is 13.2 Å². The van der Waals surface area contributed by atoms with Crippen LogP contribution < -0.4 is 15.9 Å². The number of rotatable bonds is 2. The van der Waals surface area contributed by atoms with Gasteiger partial charge in [-0.2, -0.15) is 0 Å². The van der Waals surface area contributed by atoms with Crippen LogP contribution in [0.1, 0.15) is 11.7 Å². The number of hydrogen-bond donors (Lipinski definition) is 1. The molecule has 0 aromatic heterocycles. The zero-order valence-corrected chi connectivity index (χ0v) is 7.49. The van der Waals surface area contributed by atoms with Gasteiger partial charge in [0.25, 0.3) is 0 Å². The minimum Gasteiger partial charge on any atom is -0.497 e. The molecule has 0 amide bonds. The van der Waals surface area contributed by atoms with Gasteiger partial charge in [-0.05, 0) is 23.2 Å². The van der Waals surface area contributed by atoms with E-state index in [1.807, 2.05) is 18.2 Å². The first-order valence-electron chi connectivity index (χ1n) is 4.22. The first kappa shape index (κ1) is 8.60. The molecule has 1 aromatic rings. The van der Waals surface area contributed by atoms with E-state index in [9.17, 15) is 0 Å². The second-order valence-corrected chi connectivity index (χ2v) is 2.97. The van der Waals surface area contributed by atoms with Gasteiger partial charge in [0.15, 0.2) is 0 Å². The summed E-state index contributed by atoms with van der Waals surface area (Å²) in [5, 5.41) is 0. The van der Waals surface area contributed by atoms with Crippen molar-refractivity contribution in [3.05, 3.63) is 23.8 Å². The van der Waals surface area contributed by atoms with Gasteiger partial charge in [-0.3, -0.25) is 0 Å². The van der Waals surface area contributed by atoms with Crippen LogP contribution in [0.15, 0.2) is 18.2 Å². The maximum absolute atomic E-state index is 5.54. The van der Waals surface area contributed by atoms with E-state index < -0.39 is 0 Å². The molecule has 1 aliphatic heterocycles. The number of hydrogen-bond acceptors (Lipinski definition) is 3. The lowest BCUT2D eigenvalue weighted by Gasteiger charge is -2.08. The van der Waals surface area contributed by atoms with E-state index in [0.29, 0.717) is 6.54 Å². The van der Waals surface area contributed by atoms with E-state index in [0.717, 1.165) is 16.8 Å². The van der Waals surface area contributed by atoms with Crippen molar-refractivity contribution < 1.29 is 9.39 Å². The van der Waals surface area contributed by atoms with E-state index in [1.165, 1.54) is 0 Å². The van der Waals surface area contributed by atoms with E-state index >= 15 is 0 Å². The maximum atomic E-state index is 5.54. The number of ether oxygens (including phenoxy) is 1. The van der Waals surface area contributed by atoms with Gasteiger partial charge in [-0.25, -0.2) is 0 Å². The van der Waals surface area contributed by atoms with Gasteiger partial charge in [0, 0.05) is 6.54 Å². The smallest absolute Gasteiger partial charge is 0.331 e.